The molecule has 3 aromatic rings. The molecule has 1 saturated carbocycles. The van der Waals surface area contributed by atoms with E-state index in [0.717, 1.165) is 59.5 Å². The molecule has 2 heterocycles. The lowest BCUT2D eigenvalue weighted by Gasteiger charge is -2.27. The van der Waals surface area contributed by atoms with Crippen molar-refractivity contribution in [2.45, 2.75) is 52.1 Å². The van der Waals surface area contributed by atoms with E-state index in [1.165, 1.54) is 0 Å². The Morgan fingerprint density at radius 1 is 1.17 bits per heavy atom. The Kier molecular flexibility index (Phi) is 5.46. The standard InChI is InChI=1S/C22H25ClN4O2/c1-13-11-19(23)26-21-20(13)24-14(2)27(21)12-15-3-7-17(8-4-15)25-18-9-5-16(6-10-18)22(28)29/h3-4,7-8,11,16,18,25H,5-6,9-10,12H2,1-2H3,(H,28,29). The predicted molar refractivity (Wildman–Crippen MR) is 115 cm³/mol. The molecule has 7 heteroatoms. The Morgan fingerprint density at radius 3 is 2.52 bits per heavy atom. The first kappa shape index (κ1) is 19.7. The Morgan fingerprint density at radius 2 is 1.86 bits per heavy atom. The van der Waals surface area contributed by atoms with Crippen LogP contribution in [0.5, 0.6) is 0 Å². The summed E-state index contributed by atoms with van der Waals surface area (Å²) in [5.74, 6) is 0.0609. The second-order valence-corrected chi connectivity index (χ2v) is 8.29. The zero-order chi connectivity index (χ0) is 20.5. The molecular formula is C22H25ClN4O2. The van der Waals surface area contributed by atoms with Crippen LogP contribution in [-0.4, -0.2) is 31.7 Å². The number of aromatic nitrogens is 3. The SMILES string of the molecule is Cc1cc(Cl)nc2c1nc(C)n2Cc1ccc(NC2CCC(C(=O)O)CC2)cc1. The molecule has 1 aliphatic rings. The summed E-state index contributed by atoms with van der Waals surface area (Å²) in [5.41, 5.74) is 4.95. The maximum absolute atomic E-state index is 11.1. The minimum atomic E-state index is -0.666. The van der Waals surface area contributed by atoms with Crippen molar-refractivity contribution < 1.29 is 9.90 Å². The van der Waals surface area contributed by atoms with Crippen molar-refractivity contribution in [1.29, 1.82) is 0 Å². The number of nitrogens with one attached hydrogen (secondary N) is 1. The highest BCUT2D eigenvalue weighted by molar-refractivity contribution is 6.29. The van der Waals surface area contributed by atoms with Gasteiger partial charge < -0.3 is 15.0 Å². The number of nitrogens with zero attached hydrogens (tertiary/aromatic N) is 3. The van der Waals surface area contributed by atoms with Crippen molar-refractivity contribution >= 4 is 34.4 Å². The number of carbonyl (C=O) groups is 1. The van der Waals surface area contributed by atoms with Gasteiger partial charge in [-0.1, -0.05) is 23.7 Å². The van der Waals surface area contributed by atoms with Crippen LogP contribution in [0.25, 0.3) is 11.2 Å². The van der Waals surface area contributed by atoms with E-state index >= 15 is 0 Å². The second kappa shape index (κ2) is 8.03. The lowest BCUT2D eigenvalue weighted by atomic mass is 9.86. The topological polar surface area (TPSA) is 80.0 Å². The smallest absolute Gasteiger partial charge is 0.306 e. The van der Waals surface area contributed by atoms with Gasteiger partial charge in [0.1, 0.15) is 16.5 Å². The summed E-state index contributed by atoms with van der Waals surface area (Å²) >= 11 is 6.15. The maximum Gasteiger partial charge on any atom is 0.306 e. The van der Waals surface area contributed by atoms with Gasteiger partial charge in [0.25, 0.3) is 0 Å². The van der Waals surface area contributed by atoms with Gasteiger partial charge in [-0.2, -0.15) is 0 Å². The molecule has 6 nitrogen and oxygen atoms in total. The quantitative estimate of drug-likeness (QED) is 0.588. The Hall–Kier alpha value is -2.60. The number of carboxylic acids is 1. The minimum absolute atomic E-state index is 0.186. The van der Waals surface area contributed by atoms with Crippen LogP contribution >= 0.6 is 11.6 Å². The first-order valence-electron chi connectivity index (χ1n) is 9.99. The molecule has 29 heavy (non-hydrogen) atoms. The van der Waals surface area contributed by atoms with E-state index in [4.69, 9.17) is 16.7 Å². The molecule has 0 saturated heterocycles. The first-order valence-corrected chi connectivity index (χ1v) is 10.4. The number of carboxylic acid groups (broad SMARTS) is 1. The molecule has 2 aromatic heterocycles. The fourth-order valence-electron chi connectivity index (χ4n) is 4.11. The summed E-state index contributed by atoms with van der Waals surface area (Å²) in [5, 5.41) is 13.1. The fraction of sp³-hybridized carbons (Fsp3) is 0.409. The summed E-state index contributed by atoms with van der Waals surface area (Å²) in [6, 6.07) is 10.6. The van der Waals surface area contributed by atoms with Gasteiger partial charge in [-0.05, 0) is 68.9 Å². The average Bonchev–Trinajstić information content (AvgIpc) is 3.00. The van der Waals surface area contributed by atoms with Crippen LogP contribution < -0.4 is 5.32 Å². The molecule has 0 aliphatic heterocycles. The van der Waals surface area contributed by atoms with Gasteiger partial charge in [-0.25, -0.2) is 9.97 Å². The number of imidazole rings is 1. The largest absolute Gasteiger partial charge is 0.481 e. The zero-order valence-corrected chi connectivity index (χ0v) is 17.4. The average molecular weight is 413 g/mol. The van der Waals surface area contributed by atoms with Crippen LogP contribution in [0.3, 0.4) is 0 Å². The molecule has 0 radical (unpaired) electrons. The van der Waals surface area contributed by atoms with Gasteiger partial charge in [-0.15, -0.1) is 0 Å². The number of halogens is 1. The van der Waals surface area contributed by atoms with Crippen LogP contribution in [-0.2, 0) is 11.3 Å². The predicted octanol–water partition coefficient (Wildman–Crippen LogP) is 4.81. The van der Waals surface area contributed by atoms with Crippen molar-refractivity contribution in [3.05, 3.63) is 52.4 Å². The molecule has 0 bridgehead atoms. The van der Waals surface area contributed by atoms with Crippen LogP contribution in [0.2, 0.25) is 5.15 Å². The number of pyridine rings is 1. The molecule has 1 aromatic carbocycles. The monoisotopic (exact) mass is 412 g/mol. The van der Waals surface area contributed by atoms with Crippen molar-refractivity contribution in [2.75, 3.05) is 5.32 Å². The van der Waals surface area contributed by atoms with E-state index < -0.39 is 5.97 Å². The summed E-state index contributed by atoms with van der Waals surface area (Å²) in [6.07, 6.45) is 3.27. The lowest BCUT2D eigenvalue weighted by molar-refractivity contribution is -0.142. The van der Waals surface area contributed by atoms with E-state index in [9.17, 15) is 4.79 Å². The van der Waals surface area contributed by atoms with Gasteiger partial charge in [0.2, 0.25) is 0 Å². The van der Waals surface area contributed by atoms with Crippen molar-refractivity contribution in [3.8, 4) is 0 Å². The van der Waals surface area contributed by atoms with E-state index in [2.05, 4.69) is 44.1 Å². The highest BCUT2D eigenvalue weighted by atomic mass is 35.5. The number of aliphatic carboxylic acids is 1. The first-order chi connectivity index (χ1) is 13.9. The Balaban J connectivity index is 1.45. The molecule has 0 amide bonds. The molecule has 4 rings (SSSR count). The summed E-state index contributed by atoms with van der Waals surface area (Å²) in [6.45, 7) is 4.66. The van der Waals surface area contributed by atoms with Gasteiger partial charge >= 0.3 is 5.97 Å². The summed E-state index contributed by atoms with van der Waals surface area (Å²) in [4.78, 5) is 20.2. The number of aryl methyl sites for hydroxylation is 2. The van der Waals surface area contributed by atoms with Crippen molar-refractivity contribution in [2.24, 2.45) is 5.92 Å². The lowest BCUT2D eigenvalue weighted by Crippen LogP contribution is -2.29. The summed E-state index contributed by atoms with van der Waals surface area (Å²) < 4.78 is 2.09. The van der Waals surface area contributed by atoms with Gasteiger partial charge in [0, 0.05) is 11.7 Å². The van der Waals surface area contributed by atoms with Crippen molar-refractivity contribution in [3.63, 3.8) is 0 Å². The third-order valence-corrected chi connectivity index (χ3v) is 5.99. The van der Waals surface area contributed by atoms with E-state index in [-0.39, 0.29) is 5.92 Å². The van der Waals surface area contributed by atoms with E-state index in [1.54, 1.807) is 0 Å². The van der Waals surface area contributed by atoms with E-state index in [1.807, 2.05) is 19.9 Å². The number of rotatable bonds is 5. The van der Waals surface area contributed by atoms with Gasteiger partial charge in [-0.3, -0.25) is 4.79 Å². The zero-order valence-electron chi connectivity index (χ0n) is 16.7. The number of hydrogen-bond donors (Lipinski definition) is 2. The normalized spacial score (nSPS) is 19.4. The molecule has 152 valence electrons. The Labute approximate surface area is 174 Å². The highest BCUT2D eigenvalue weighted by Gasteiger charge is 2.25. The second-order valence-electron chi connectivity index (χ2n) is 7.91. The molecule has 2 N–H and O–H groups in total. The Bertz CT molecular complexity index is 1040. The van der Waals surface area contributed by atoms with Crippen LogP contribution in [0, 0.1) is 19.8 Å². The highest BCUT2D eigenvalue weighted by Crippen LogP contribution is 2.27. The molecule has 0 atom stereocenters. The molecule has 0 unspecified atom stereocenters. The van der Waals surface area contributed by atoms with Crippen LogP contribution in [0.4, 0.5) is 5.69 Å². The molecule has 0 spiro atoms. The maximum atomic E-state index is 11.1. The number of fused-ring (bicyclic) bond motifs is 1. The summed E-state index contributed by atoms with van der Waals surface area (Å²) in [7, 11) is 0. The van der Waals surface area contributed by atoms with Gasteiger partial charge in [0.05, 0.1) is 12.5 Å². The molecule has 1 fully saturated rings. The number of benzene rings is 1. The number of hydrogen-bond acceptors (Lipinski definition) is 4. The molecular weight excluding hydrogens is 388 g/mol. The third-order valence-electron chi connectivity index (χ3n) is 5.80. The fourth-order valence-corrected chi connectivity index (χ4v) is 4.35. The van der Waals surface area contributed by atoms with Gasteiger partial charge in [0.15, 0.2) is 5.65 Å². The minimum Gasteiger partial charge on any atom is -0.481 e. The van der Waals surface area contributed by atoms with Crippen molar-refractivity contribution in [1.82, 2.24) is 14.5 Å². The van der Waals surface area contributed by atoms with Crippen LogP contribution in [0.15, 0.2) is 30.3 Å². The third kappa shape index (κ3) is 4.22. The molecule has 1 aliphatic carbocycles. The van der Waals surface area contributed by atoms with Crippen LogP contribution in [0.1, 0.15) is 42.6 Å². The van der Waals surface area contributed by atoms with E-state index in [0.29, 0.717) is 17.7 Å². The number of anilines is 1.